The fourth-order valence-electron chi connectivity index (χ4n) is 4.68. The Morgan fingerprint density at radius 2 is 1.08 bits per heavy atom. The first-order valence-electron chi connectivity index (χ1n) is 12.0. The van der Waals surface area contributed by atoms with Crippen LogP contribution in [0.5, 0.6) is 0 Å². The molecule has 36 heavy (non-hydrogen) atoms. The predicted octanol–water partition coefficient (Wildman–Crippen LogP) is 7.44. The first kappa shape index (κ1) is 21.7. The van der Waals surface area contributed by atoms with E-state index < -0.39 is 0 Å². The van der Waals surface area contributed by atoms with Gasteiger partial charge >= 0.3 is 0 Å². The van der Waals surface area contributed by atoms with E-state index in [4.69, 9.17) is 4.99 Å². The van der Waals surface area contributed by atoms with Crippen molar-refractivity contribution in [3.8, 4) is 22.3 Å². The third-order valence-electron chi connectivity index (χ3n) is 6.40. The molecule has 4 heteroatoms. The van der Waals surface area contributed by atoms with Crippen LogP contribution in [0, 0.1) is 0 Å². The summed E-state index contributed by atoms with van der Waals surface area (Å²) < 4.78 is 0. The van der Waals surface area contributed by atoms with Gasteiger partial charge in [-0.05, 0) is 58.1 Å². The lowest BCUT2D eigenvalue weighted by Crippen LogP contribution is -2.26. The van der Waals surface area contributed by atoms with Crippen molar-refractivity contribution in [3.05, 3.63) is 145 Å². The zero-order valence-corrected chi connectivity index (χ0v) is 19.6. The second-order valence-corrected chi connectivity index (χ2v) is 8.59. The summed E-state index contributed by atoms with van der Waals surface area (Å²) in [4.78, 5) is 15.8. The molecule has 0 N–H and O–H groups in total. The maximum absolute atomic E-state index is 5.09. The average molecular weight is 465 g/mol. The molecule has 172 valence electrons. The van der Waals surface area contributed by atoms with Crippen molar-refractivity contribution in [2.24, 2.45) is 4.99 Å². The molecule has 1 unspecified atom stereocenters. The van der Waals surface area contributed by atoms with Crippen LogP contribution in [-0.4, -0.2) is 16.2 Å². The van der Waals surface area contributed by atoms with Crippen LogP contribution in [0.4, 0.5) is 5.69 Å². The fourth-order valence-corrected chi connectivity index (χ4v) is 4.68. The molecule has 0 saturated carbocycles. The summed E-state index contributed by atoms with van der Waals surface area (Å²) in [5.74, 6) is 0. The van der Waals surface area contributed by atoms with Gasteiger partial charge < -0.3 is 4.90 Å². The Bertz CT molecular complexity index is 1530. The van der Waals surface area contributed by atoms with Gasteiger partial charge in [-0.3, -0.25) is 15.0 Å². The van der Waals surface area contributed by atoms with Crippen LogP contribution < -0.4 is 4.90 Å². The molecule has 0 bridgehead atoms. The van der Waals surface area contributed by atoms with Crippen LogP contribution in [0.2, 0.25) is 0 Å². The SMILES string of the molecule is C1=NC(c2ccccc2)N(c2ccccc2-c2ccncc2)C=C1c1ccccc1-c1ccncc1. The number of nitrogens with zero attached hydrogens (tertiary/aromatic N) is 4. The number of hydrogen-bond donors (Lipinski definition) is 0. The lowest BCUT2D eigenvalue weighted by atomic mass is 9.94. The highest BCUT2D eigenvalue weighted by atomic mass is 15.2. The van der Waals surface area contributed by atoms with E-state index in [0.717, 1.165) is 44.6 Å². The molecular weight excluding hydrogens is 440 g/mol. The summed E-state index contributed by atoms with van der Waals surface area (Å²) in [5.41, 5.74) is 8.95. The minimum Gasteiger partial charge on any atom is -0.320 e. The molecule has 4 nitrogen and oxygen atoms in total. The molecule has 6 rings (SSSR count). The van der Waals surface area contributed by atoms with Gasteiger partial charge in [0.2, 0.25) is 0 Å². The van der Waals surface area contributed by atoms with Gasteiger partial charge in [0, 0.05) is 48.3 Å². The number of benzene rings is 3. The van der Waals surface area contributed by atoms with E-state index in [1.807, 2.05) is 61.3 Å². The molecule has 0 saturated heterocycles. The monoisotopic (exact) mass is 464 g/mol. The maximum atomic E-state index is 5.09. The summed E-state index contributed by atoms with van der Waals surface area (Å²) in [5, 5.41) is 0. The Balaban J connectivity index is 1.52. The van der Waals surface area contributed by atoms with Gasteiger partial charge in [-0.25, -0.2) is 0 Å². The quantitative estimate of drug-likeness (QED) is 0.271. The molecule has 1 aliphatic heterocycles. The first-order valence-corrected chi connectivity index (χ1v) is 12.0. The normalized spacial score (nSPS) is 14.9. The summed E-state index contributed by atoms with van der Waals surface area (Å²) in [6.07, 6.45) is 11.4. The number of hydrogen-bond acceptors (Lipinski definition) is 4. The molecule has 3 heterocycles. The number of aromatic nitrogens is 2. The number of aliphatic imine (C=N–C) groups is 1. The van der Waals surface area contributed by atoms with Gasteiger partial charge in [0.1, 0.15) is 0 Å². The minimum atomic E-state index is -0.175. The van der Waals surface area contributed by atoms with Gasteiger partial charge in [-0.2, -0.15) is 0 Å². The lowest BCUT2D eigenvalue weighted by Gasteiger charge is -2.33. The van der Waals surface area contributed by atoms with E-state index in [-0.39, 0.29) is 6.17 Å². The standard InChI is InChI=1S/C32H24N4/c1-2-8-26(9-3-1)32-35-22-27(29-11-5-4-10-28(29)24-14-18-33-19-15-24)23-36(32)31-13-7-6-12-30(31)25-16-20-34-21-17-25/h1-23,32H. The molecule has 0 radical (unpaired) electrons. The van der Waals surface area contributed by atoms with Gasteiger partial charge in [0.15, 0.2) is 6.17 Å². The van der Waals surface area contributed by atoms with E-state index in [0.29, 0.717) is 0 Å². The van der Waals surface area contributed by atoms with E-state index >= 15 is 0 Å². The van der Waals surface area contributed by atoms with Crippen LogP contribution >= 0.6 is 0 Å². The molecule has 3 aromatic carbocycles. The van der Waals surface area contributed by atoms with Crippen molar-refractivity contribution in [1.29, 1.82) is 0 Å². The van der Waals surface area contributed by atoms with Crippen molar-refractivity contribution >= 4 is 17.5 Å². The zero-order chi connectivity index (χ0) is 24.2. The van der Waals surface area contributed by atoms with Crippen LogP contribution in [0.3, 0.4) is 0 Å². The van der Waals surface area contributed by atoms with Crippen molar-refractivity contribution in [2.75, 3.05) is 4.90 Å². The predicted molar refractivity (Wildman–Crippen MR) is 147 cm³/mol. The molecule has 1 aliphatic rings. The van der Waals surface area contributed by atoms with E-state index in [1.54, 1.807) is 0 Å². The van der Waals surface area contributed by atoms with Crippen LogP contribution in [0.15, 0.2) is 139 Å². The topological polar surface area (TPSA) is 41.4 Å². The second kappa shape index (κ2) is 9.80. The summed E-state index contributed by atoms with van der Waals surface area (Å²) >= 11 is 0. The molecule has 0 spiro atoms. The Kier molecular flexibility index (Phi) is 5.91. The smallest absolute Gasteiger partial charge is 0.150 e. The average Bonchev–Trinajstić information content (AvgIpc) is 2.98. The number of para-hydroxylation sites is 1. The minimum absolute atomic E-state index is 0.175. The molecule has 2 aromatic heterocycles. The Morgan fingerprint density at radius 3 is 1.78 bits per heavy atom. The van der Waals surface area contributed by atoms with E-state index in [9.17, 15) is 0 Å². The molecule has 5 aromatic rings. The molecule has 0 aliphatic carbocycles. The van der Waals surface area contributed by atoms with Crippen LogP contribution in [0.1, 0.15) is 17.3 Å². The van der Waals surface area contributed by atoms with Crippen molar-refractivity contribution in [1.82, 2.24) is 9.97 Å². The molecule has 0 amide bonds. The Hall–Kier alpha value is -4.83. The van der Waals surface area contributed by atoms with E-state index in [1.165, 1.54) is 0 Å². The third-order valence-corrected chi connectivity index (χ3v) is 6.40. The van der Waals surface area contributed by atoms with Gasteiger partial charge in [0.05, 0.1) is 5.69 Å². The van der Waals surface area contributed by atoms with Gasteiger partial charge in [-0.15, -0.1) is 0 Å². The fraction of sp³-hybridized carbons (Fsp3) is 0.0312. The van der Waals surface area contributed by atoms with Crippen LogP contribution in [-0.2, 0) is 0 Å². The molecule has 0 fully saturated rings. The van der Waals surface area contributed by atoms with Crippen LogP contribution in [0.25, 0.3) is 27.8 Å². The highest BCUT2D eigenvalue weighted by Gasteiger charge is 2.25. The molecular formula is C32H24N4. The highest BCUT2D eigenvalue weighted by Crippen LogP contribution is 2.40. The van der Waals surface area contributed by atoms with E-state index in [2.05, 4.69) is 93.9 Å². The Morgan fingerprint density at radius 1 is 0.528 bits per heavy atom. The first-order chi connectivity index (χ1) is 17.9. The highest BCUT2D eigenvalue weighted by molar-refractivity contribution is 6.13. The number of pyridine rings is 2. The number of allylic oxidation sites excluding steroid dienone is 1. The summed E-state index contributed by atoms with van der Waals surface area (Å²) in [6, 6.07) is 35.6. The number of rotatable bonds is 5. The van der Waals surface area contributed by atoms with Gasteiger partial charge in [-0.1, -0.05) is 72.8 Å². The second-order valence-electron chi connectivity index (χ2n) is 8.59. The largest absolute Gasteiger partial charge is 0.320 e. The van der Waals surface area contributed by atoms with Crippen molar-refractivity contribution in [3.63, 3.8) is 0 Å². The van der Waals surface area contributed by atoms with Crippen molar-refractivity contribution in [2.45, 2.75) is 6.17 Å². The third kappa shape index (κ3) is 4.21. The summed E-state index contributed by atoms with van der Waals surface area (Å²) in [6.45, 7) is 0. The Labute approximate surface area is 211 Å². The molecule has 1 atom stereocenters. The van der Waals surface area contributed by atoms with Crippen molar-refractivity contribution < 1.29 is 0 Å². The summed E-state index contributed by atoms with van der Waals surface area (Å²) in [7, 11) is 0. The lowest BCUT2D eigenvalue weighted by molar-refractivity contribution is 0.732. The number of anilines is 1. The maximum Gasteiger partial charge on any atom is 0.150 e. The zero-order valence-electron chi connectivity index (χ0n) is 19.6. The van der Waals surface area contributed by atoms with Gasteiger partial charge in [0.25, 0.3) is 0 Å².